The molecule has 0 saturated carbocycles. The van der Waals surface area contributed by atoms with Crippen molar-refractivity contribution in [1.82, 2.24) is 4.90 Å². The van der Waals surface area contributed by atoms with Gasteiger partial charge in [0.15, 0.2) is 0 Å². The summed E-state index contributed by atoms with van der Waals surface area (Å²) in [6.07, 6.45) is 0. The summed E-state index contributed by atoms with van der Waals surface area (Å²) in [6, 6.07) is 0. The number of carbonyl (C=O) groups is 2. The van der Waals surface area contributed by atoms with Gasteiger partial charge in [-0.1, -0.05) is 6.92 Å². The van der Waals surface area contributed by atoms with Crippen LogP contribution >= 0.6 is 0 Å². The van der Waals surface area contributed by atoms with Crippen molar-refractivity contribution >= 4 is 11.9 Å². The Balaban J connectivity index is 4.41. The van der Waals surface area contributed by atoms with Gasteiger partial charge in [0.1, 0.15) is 6.54 Å². The molecule has 0 rings (SSSR count). The number of ether oxygens (including phenoxy) is 2. The van der Waals surface area contributed by atoms with E-state index in [9.17, 15) is 9.59 Å². The minimum Gasteiger partial charge on any atom is -0.465 e. The molecule has 1 amide bonds. The van der Waals surface area contributed by atoms with E-state index in [4.69, 9.17) is 15.2 Å². The third kappa shape index (κ3) is 6.23. The second kappa shape index (κ2) is 8.95. The second-order valence-electron chi connectivity index (χ2n) is 3.69. The zero-order valence-corrected chi connectivity index (χ0v) is 10.8. The first-order valence-electron chi connectivity index (χ1n) is 5.70. The van der Waals surface area contributed by atoms with E-state index in [1.165, 1.54) is 4.90 Å². The zero-order chi connectivity index (χ0) is 13.3. The van der Waals surface area contributed by atoms with Crippen molar-refractivity contribution in [2.24, 2.45) is 11.7 Å². The van der Waals surface area contributed by atoms with Gasteiger partial charge in [-0.2, -0.15) is 0 Å². The highest BCUT2D eigenvalue weighted by Crippen LogP contribution is 2.01. The number of carbonyl (C=O) groups excluding carboxylic acids is 2. The average Bonchev–Trinajstić information content (AvgIpc) is 2.32. The van der Waals surface area contributed by atoms with Crippen LogP contribution in [0.15, 0.2) is 0 Å². The maximum Gasteiger partial charge on any atom is 0.325 e. The molecule has 6 heteroatoms. The van der Waals surface area contributed by atoms with Gasteiger partial charge >= 0.3 is 5.97 Å². The lowest BCUT2D eigenvalue weighted by molar-refractivity contribution is -0.150. The standard InChI is InChI=1S/C11H22N2O4/c1-4-17-10(14)8-13(5-6-16-3)11(15)9(2)7-12/h9H,4-8,12H2,1-3H3. The number of hydrogen-bond donors (Lipinski definition) is 1. The van der Waals surface area contributed by atoms with Gasteiger partial charge in [-0.05, 0) is 6.92 Å². The van der Waals surface area contributed by atoms with Gasteiger partial charge in [-0.15, -0.1) is 0 Å². The summed E-state index contributed by atoms with van der Waals surface area (Å²) in [5.74, 6) is -0.875. The summed E-state index contributed by atoms with van der Waals surface area (Å²) in [7, 11) is 1.54. The van der Waals surface area contributed by atoms with Crippen LogP contribution in [0.4, 0.5) is 0 Å². The third-order valence-corrected chi connectivity index (χ3v) is 2.28. The smallest absolute Gasteiger partial charge is 0.325 e. The van der Waals surface area contributed by atoms with Crippen LogP contribution in [-0.2, 0) is 19.1 Å². The fraction of sp³-hybridized carbons (Fsp3) is 0.818. The number of hydrogen-bond acceptors (Lipinski definition) is 5. The lowest BCUT2D eigenvalue weighted by Crippen LogP contribution is -2.43. The number of nitrogens with zero attached hydrogens (tertiary/aromatic N) is 1. The van der Waals surface area contributed by atoms with E-state index in [-0.39, 0.29) is 24.9 Å². The van der Waals surface area contributed by atoms with Gasteiger partial charge in [0.25, 0.3) is 0 Å². The van der Waals surface area contributed by atoms with Gasteiger partial charge in [-0.25, -0.2) is 0 Å². The van der Waals surface area contributed by atoms with Crippen molar-refractivity contribution < 1.29 is 19.1 Å². The van der Waals surface area contributed by atoms with Crippen LogP contribution < -0.4 is 5.73 Å². The van der Waals surface area contributed by atoms with Crippen molar-refractivity contribution in [1.29, 1.82) is 0 Å². The molecule has 0 aliphatic rings. The number of methoxy groups -OCH3 is 1. The molecule has 2 N–H and O–H groups in total. The largest absolute Gasteiger partial charge is 0.465 e. The van der Waals surface area contributed by atoms with E-state index < -0.39 is 5.97 Å². The monoisotopic (exact) mass is 246 g/mol. The Bertz CT molecular complexity index is 246. The van der Waals surface area contributed by atoms with Crippen LogP contribution in [0, 0.1) is 5.92 Å². The average molecular weight is 246 g/mol. The third-order valence-electron chi connectivity index (χ3n) is 2.28. The molecule has 0 heterocycles. The van der Waals surface area contributed by atoms with Gasteiger partial charge in [0.2, 0.25) is 5.91 Å². The molecule has 0 saturated heterocycles. The summed E-state index contributed by atoms with van der Waals surface area (Å²) < 4.78 is 9.71. The maximum absolute atomic E-state index is 11.9. The van der Waals surface area contributed by atoms with Crippen molar-refractivity contribution in [3.8, 4) is 0 Å². The van der Waals surface area contributed by atoms with E-state index in [1.54, 1.807) is 21.0 Å². The summed E-state index contributed by atoms with van der Waals surface area (Å²) in [4.78, 5) is 24.7. The molecule has 1 atom stereocenters. The Labute approximate surface area is 102 Å². The lowest BCUT2D eigenvalue weighted by atomic mass is 10.1. The van der Waals surface area contributed by atoms with Gasteiger partial charge in [0.05, 0.1) is 13.2 Å². The molecule has 0 spiro atoms. The Morgan fingerprint density at radius 1 is 1.41 bits per heavy atom. The fourth-order valence-corrected chi connectivity index (χ4v) is 1.24. The van der Waals surface area contributed by atoms with Crippen molar-refractivity contribution in [3.05, 3.63) is 0 Å². The molecule has 0 radical (unpaired) electrons. The first-order valence-corrected chi connectivity index (χ1v) is 5.70. The molecule has 0 aromatic carbocycles. The summed E-state index contributed by atoms with van der Waals surface area (Å²) in [5.41, 5.74) is 5.43. The quantitative estimate of drug-likeness (QED) is 0.590. The number of nitrogens with two attached hydrogens (primary N) is 1. The molecule has 0 bridgehead atoms. The molecule has 0 aliphatic heterocycles. The summed E-state index contributed by atoms with van der Waals surface area (Å²) >= 11 is 0. The van der Waals surface area contributed by atoms with Crippen molar-refractivity contribution in [2.45, 2.75) is 13.8 Å². The molecule has 0 aliphatic carbocycles. The molecule has 1 unspecified atom stereocenters. The Kier molecular flexibility index (Phi) is 8.35. The number of amides is 1. The van der Waals surface area contributed by atoms with Crippen LogP contribution in [0.1, 0.15) is 13.8 Å². The maximum atomic E-state index is 11.9. The summed E-state index contributed by atoms with van der Waals surface area (Å²) in [6.45, 7) is 4.69. The predicted molar refractivity (Wildman–Crippen MR) is 63.3 cm³/mol. The molecule has 6 nitrogen and oxygen atoms in total. The molecule has 0 aromatic rings. The Hall–Kier alpha value is -1.14. The molecular weight excluding hydrogens is 224 g/mol. The lowest BCUT2D eigenvalue weighted by Gasteiger charge is -2.24. The van der Waals surface area contributed by atoms with Crippen LogP contribution in [0.5, 0.6) is 0 Å². The summed E-state index contributed by atoms with van der Waals surface area (Å²) in [5, 5.41) is 0. The van der Waals surface area contributed by atoms with Gasteiger partial charge < -0.3 is 20.1 Å². The topological polar surface area (TPSA) is 81.9 Å². The van der Waals surface area contributed by atoms with Crippen LogP contribution in [0.2, 0.25) is 0 Å². The Morgan fingerprint density at radius 3 is 2.53 bits per heavy atom. The van der Waals surface area contributed by atoms with Crippen LogP contribution in [-0.4, -0.2) is 56.7 Å². The second-order valence-corrected chi connectivity index (χ2v) is 3.69. The van der Waals surface area contributed by atoms with E-state index in [1.807, 2.05) is 0 Å². The first kappa shape index (κ1) is 15.9. The van der Waals surface area contributed by atoms with Crippen molar-refractivity contribution in [3.63, 3.8) is 0 Å². The normalized spacial score (nSPS) is 12.0. The number of esters is 1. The van der Waals surface area contributed by atoms with E-state index in [0.717, 1.165) is 0 Å². The van der Waals surface area contributed by atoms with Crippen LogP contribution in [0.3, 0.4) is 0 Å². The first-order chi connectivity index (χ1) is 8.06. The van der Waals surface area contributed by atoms with E-state index >= 15 is 0 Å². The van der Waals surface area contributed by atoms with Crippen LogP contribution in [0.25, 0.3) is 0 Å². The molecule has 0 aromatic heterocycles. The highest BCUT2D eigenvalue weighted by atomic mass is 16.5. The molecule has 100 valence electrons. The van der Waals surface area contributed by atoms with Gasteiger partial charge in [-0.3, -0.25) is 9.59 Å². The molecular formula is C11H22N2O4. The van der Waals surface area contributed by atoms with Crippen molar-refractivity contribution in [2.75, 3.05) is 40.0 Å². The van der Waals surface area contributed by atoms with E-state index in [0.29, 0.717) is 19.8 Å². The van der Waals surface area contributed by atoms with Gasteiger partial charge in [0, 0.05) is 26.1 Å². The highest BCUT2D eigenvalue weighted by molar-refractivity contribution is 5.83. The zero-order valence-electron chi connectivity index (χ0n) is 10.8. The molecule has 17 heavy (non-hydrogen) atoms. The minimum atomic E-state index is -0.416. The van der Waals surface area contributed by atoms with E-state index in [2.05, 4.69) is 0 Å². The predicted octanol–water partition coefficient (Wildman–Crippen LogP) is -0.381. The highest BCUT2D eigenvalue weighted by Gasteiger charge is 2.21. The minimum absolute atomic E-state index is 0.0552. The molecule has 0 fully saturated rings. The number of rotatable bonds is 8. The Morgan fingerprint density at radius 2 is 2.06 bits per heavy atom. The SMILES string of the molecule is CCOC(=O)CN(CCOC)C(=O)C(C)CN. The fourth-order valence-electron chi connectivity index (χ4n) is 1.24.